The molecule has 27 heavy (non-hydrogen) atoms. The molecule has 0 fully saturated rings. The standard InChI is InChI=1S/C21H12Cl2INO2/c22-18-6-5-15(11-19(18)23)27-14-3-1-2-12(8-14)9-17-16-10-13(24)4-7-20(16)25-21(17)26/h1-11H,(H,25,26). The van der Waals surface area contributed by atoms with Gasteiger partial charge in [0.1, 0.15) is 11.5 Å². The van der Waals surface area contributed by atoms with Crippen molar-refractivity contribution in [1.82, 2.24) is 0 Å². The molecule has 3 aromatic rings. The summed E-state index contributed by atoms with van der Waals surface area (Å²) in [6.45, 7) is 0. The summed E-state index contributed by atoms with van der Waals surface area (Å²) in [4.78, 5) is 12.4. The van der Waals surface area contributed by atoms with Crippen molar-refractivity contribution in [3.8, 4) is 11.5 Å². The van der Waals surface area contributed by atoms with Gasteiger partial charge in [-0.25, -0.2) is 0 Å². The van der Waals surface area contributed by atoms with E-state index in [1.165, 1.54) is 0 Å². The van der Waals surface area contributed by atoms with Gasteiger partial charge in [-0.15, -0.1) is 0 Å². The van der Waals surface area contributed by atoms with Gasteiger partial charge in [-0.3, -0.25) is 4.79 Å². The Kier molecular flexibility index (Phi) is 5.12. The molecule has 1 amide bonds. The molecule has 0 aromatic heterocycles. The molecule has 0 saturated carbocycles. The predicted octanol–water partition coefficient (Wildman–Crippen LogP) is 6.88. The number of benzene rings is 3. The van der Waals surface area contributed by atoms with E-state index in [0.29, 0.717) is 27.1 Å². The zero-order chi connectivity index (χ0) is 19.0. The molecule has 0 radical (unpaired) electrons. The minimum Gasteiger partial charge on any atom is -0.457 e. The number of amides is 1. The number of nitrogens with one attached hydrogen (secondary N) is 1. The number of anilines is 1. The first-order valence-electron chi connectivity index (χ1n) is 8.05. The van der Waals surface area contributed by atoms with Crippen LogP contribution in [0.4, 0.5) is 5.69 Å². The van der Waals surface area contributed by atoms with E-state index >= 15 is 0 Å². The number of fused-ring (bicyclic) bond motifs is 1. The molecule has 6 heteroatoms. The third-order valence-corrected chi connectivity index (χ3v) is 5.47. The molecule has 0 unspecified atom stereocenters. The van der Waals surface area contributed by atoms with Gasteiger partial charge in [-0.1, -0.05) is 35.3 Å². The van der Waals surface area contributed by atoms with E-state index in [0.717, 1.165) is 20.4 Å². The fraction of sp³-hybridized carbons (Fsp3) is 0. The molecule has 1 aliphatic heterocycles. The Bertz CT molecular complexity index is 1100. The van der Waals surface area contributed by atoms with E-state index in [-0.39, 0.29) is 5.91 Å². The SMILES string of the molecule is O=C1Nc2ccc(I)cc2C1=Cc1cccc(Oc2ccc(Cl)c(Cl)c2)c1. The average molecular weight is 508 g/mol. The quantitative estimate of drug-likeness (QED) is 0.310. The van der Waals surface area contributed by atoms with Crippen LogP contribution in [0, 0.1) is 3.57 Å². The monoisotopic (exact) mass is 507 g/mol. The number of rotatable bonds is 3. The molecule has 4 rings (SSSR count). The van der Waals surface area contributed by atoms with Gasteiger partial charge in [0, 0.05) is 26.5 Å². The summed E-state index contributed by atoms with van der Waals surface area (Å²) >= 11 is 14.2. The zero-order valence-corrected chi connectivity index (χ0v) is 17.5. The van der Waals surface area contributed by atoms with Crippen LogP contribution in [0.1, 0.15) is 11.1 Å². The lowest BCUT2D eigenvalue weighted by atomic mass is 10.0. The maximum atomic E-state index is 12.4. The van der Waals surface area contributed by atoms with Gasteiger partial charge in [0.2, 0.25) is 0 Å². The lowest BCUT2D eigenvalue weighted by molar-refractivity contribution is -0.110. The summed E-state index contributed by atoms with van der Waals surface area (Å²) in [5, 5.41) is 3.80. The van der Waals surface area contributed by atoms with Crippen molar-refractivity contribution in [2.45, 2.75) is 0 Å². The second kappa shape index (κ2) is 7.54. The fourth-order valence-corrected chi connectivity index (χ4v) is 3.59. The Hall–Kier alpha value is -2.02. The topological polar surface area (TPSA) is 38.3 Å². The first-order chi connectivity index (χ1) is 13.0. The van der Waals surface area contributed by atoms with Crippen LogP contribution in [0.2, 0.25) is 10.0 Å². The number of hydrogen-bond acceptors (Lipinski definition) is 2. The molecular weight excluding hydrogens is 496 g/mol. The molecule has 0 saturated heterocycles. The number of carbonyl (C=O) groups is 1. The van der Waals surface area contributed by atoms with Crippen molar-refractivity contribution in [2.75, 3.05) is 5.32 Å². The van der Waals surface area contributed by atoms with Crippen molar-refractivity contribution in [2.24, 2.45) is 0 Å². The van der Waals surface area contributed by atoms with Crippen LogP contribution in [0.25, 0.3) is 11.6 Å². The first-order valence-corrected chi connectivity index (χ1v) is 9.89. The Balaban J connectivity index is 1.65. The van der Waals surface area contributed by atoms with E-state index < -0.39 is 0 Å². The van der Waals surface area contributed by atoms with Crippen LogP contribution in [0.15, 0.2) is 60.7 Å². The van der Waals surface area contributed by atoms with Gasteiger partial charge in [-0.2, -0.15) is 0 Å². The lowest BCUT2D eigenvalue weighted by Crippen LogP contribution is -2.03. The van der Waals surface area contributed by atoms with Gasteiger partial charge in [-0.05, 0) is 76.7 Å². The van der Waals surface area contributed by atoms with Crippen molar-refractivity contribution in [3.63, 3.8) is 0 Å². The van der Waals surface area contributed by atoms with Crippen LogP contribution in [-0.2, 0) is 4.79 Å². The Morgan fingerprint density at radius 3 is 2.56 bits per heavy atom. The van der Waals surface area contributed by atoms with Crippen molar-refractivity contribution >= 4 is 69.0 Å². The third kappa shape index (κ3) is 3.98. The molecule has 0 spiro atoms. The third-order valence-electron chi connectivity index (χ3n) is 4.06. The maximum absolute atomic E-state index is 12.4. The second-order valence-corrected chi connectivity index (χ2v) is 8.01. The Labute approximate surface area is 180 Å². The molecule has 0 atom stereocenters. The van der Waals surface area contributed by atoms with Gasteiger partial charge < -0.3 is 10.1 Å². The Morgan fingerprint density at radius 2 is 1.74 bits per heavy atom. The molecule has 0 bridgehead atoms. The van der Waals surface area contributed by atoms with E-state index in [2.05, 4.69) is 27.9 Å². The van der Waals surface area contributed by atoms with Crippen LogP contribution < -0.4 is 10.1 Å². The number of carbonyl (C=O) groups excluding carboxylic acids is 1. The van der Waals surface area contributed by atoms with Gasteiger partial charge in [0.05, 0.1) is 10.0 Å². The van der Waals surface area contributed by atoms with E-state index in [4.69, 9.17) is 27.9 Å². The maximum Gasteiger partial charge on any atom is 0.256 e. The summed E-state index contributed by atoms with van der Waals surface area (Å²) in [5.41, 5.74) is 3.23. The summed E-state index contributed by atoms with van der Waals surface area (Å²) in [5.74, 6) is 1.12. The van der Waals surface area contributed by atoms with Gasteiger partial charge in [0.25, 0.3) is 5.91 Å². The van der Waals surface area contributed by atoms with E-state index in [9.17, 15) is 4.79 Å². The van der Waals surface area contributed by atoms with Crippen LogP contribution in [0.3, 0.4) is 0 Å². The molecule has 3 aromatic carbocycles. The number of halogens is 3. The minimum absolute atomic E-state index is 0.109. The average Bonchev–Trinajstić information content (AvgIpc) is 2.94. The first kappa shape index (κ1) is 18.3. The Morgan fingerprint density at radius 1 is 0.926 bits per heavy atom. The molecule has 1 aliphatic rings. The van der Waals surface area contributed by atoms with E-state index in [1.807, 2.05) is 48.5 Å². The minimum atomic E-state index is -0.109. The van der Waals surface area contributed by atoms with Crippen molar-refractivity contribution in [1.29, 1.82) is 0 Å². The number of ether oxygens (including phenoxy) is 1. The second-order valence-electron chi connectivity index (χ2n) is 5.95. The highest BCUT2D eigenvalue weighted by molar-refractivity contribution is 14.1. The van der Waals surface area contributed by atoms with E-state index in [1.54, 1.807) is 18.2 Å². The van der Waals surface area contributed by atoms with Gasteiger partial charge in [0.15, 0.2) is 0 Å². The smallest absolute Gasteiger partial charge is 0.256 e. The largest absolute Gasteiger partial charge is 0.457 e. The molecule has 1 heterocycles. The summed E-state index contributed by atoms with van der Waals surface area (Å²) in [7, 11) is 0. The highest BCUT2D eigenvalue weighted by Gasteiger charge is 2.24. The molecular formula is C21H12Cl2INO2. The fourth-order valence-electron chi connectivity index (χ4n) is 2.81. The van der Waals surface area contributed by atoms with Crippen molar-refractivity contribution < 1.29 is 9.53 Å². The lowest BCUT2D eigenvalue weighted by Gasteiger charge is -2.08. The normalized spacial score (nSPS) is 14.2. The predicted molar refractivity (Wildman–Crippen MR) is 119 cm³/mol. The summed E-state index contributed by atoms with van der Waals surface area (Å²) < 4.78 is 6.94. The molecule has 0 aliphatic carbocycles. The molecule has 1 N–H and O–H groups in total. The van der Waals surface area contributed by atoms with Crippen LogP contribution >= 0.6 is 45.8 Å². The number of hydrogen-bond donors (Lipinski definition) is 1. The van der Waals surface area contributed by atoms with Gasteiger partial charge >= 0.3 is 0 Å². The highest BCUT2D eigenvalue weighted by Crippen LogP contribution is 2.35. The zero-order valence-electron chi connectivity index (χ0n) is 13.8. The summed E-state index contributed by atoms with van der Waals surface area (Å²) in [6, 6.07) is 18.5. The van der Waals surface area contributed by atoms with Crippen LogP contribution in [-0.4, -0.2) is 5.91 Å². The molecule has 3 nitrogen and oxygen atoms in total. The van der Waals surface area contributed by atoms with Crippen LogP contribution in [0.5, 0.6) is 11.5 Å². The summed E-state index contributed by atoms with van der Waals surface area (Å²) in [6.07, 6.45) is 1.86. The highest BCUT2D eigenvalue weighted by atomic mass is 127. The molecule has 134 valence electrons. The van der Waals surface area contributed by atoms with Crippen molar-refractivity contribution in [3.05, 3.63) is 85.4 Å².